The van der Waals surface area contributed by atoms with Crippen LogP contribution in [0.3, 0.4) is 0 Å². The molecule has 3 N–H and O–H groups in total. The van der Waals surface area contributed by atoms with Gasteiger partial charge in [-0.2, -0.15) is 13.2 Å². The maximum atomic E-state index is 12.4. The maximum Gasteiger partial charge on any atom is 0.417 e. The number of aliphatic carboxylic acids is 1. The van der Waals surface area contributed by atoms with Crippen molar-refractivity contribution in [2.45, 2.75) is 25.6 Å². The second-order valence-corrected chi connectivity index (χ2v) is 4.76. The zero-order valence-electron chi connectivity index (χ0n) is 11.4. The fourth-order valence-corrected chi connectivity index (χ4v) is 1.63. The van der Waals surface area contributed by atoms with Gasteiger partial charge in [-0.05, 0) is 13.0 Å². The molecule has 1 aromatic rings. The smallest absolute Gasteiger partial charge is 0.417 e. The number of nitrogens with one attached hydrogen (secondary N) is 2. The van der Waals surface area contributed by atoms with Crippen molar-refractivity contribution in [2.75, 3.05) is 11.9 Å². The van der Waals surface area contributed by atoms with Gasteiger partial charge in [0, 0.05) is 19.2 Å². The fourth-order valence-electron chi connectivity index (χ4n) is 1.39. The van der Waals surface area contributed by atoms with Crippen LogP contribution in [0.15, 0.2) is 12.3 Å². The number of pyridine rings is 1. The third kappa shape index (κ3) is 5.40. The van der Waals surface area contributed by atoms with Crippen LogP contribution in [0.25, 0.3) is 0 Å². The predicted molar refractivity (Wildman–Crippen MR) is 72.6 cm³/mol. The molecule has 6 nitrogen and oxygen atoms in total. The minimum Gasteiger partial charge on any atom is -0.480 e. The van der Waals surface area contributed by atoms with Gasteiger partial charge in [0.1, 0.15) is 11.9 Å². The molecule has 22 heavy (non-hydrogen) atoms. The topological polar surface area (TPSA) is 91.3 Å². The van der Waals surface area contributed by atoms with Crippen LogP contribution in [0.4, 0.5) is 19.0 Å². The van der Waals surface area contributed by atoms with Gasteiger partial charge in [-0.15, -0.1) is 0 Å². The number of carbonyl (C=O) groups is 2. The zero-order chi connectivity index (χ0) is 16.9. The van der Waals surface area contributed by atoms with E-state index in [1.165, 1.54) is 6.92 Å². The lowest BCUT2D eigenvalue weighted by Gasteiger charge is -2.12. The van der Waals surface area contributed by atoms with E-state index < -0.39 is 29.7 Å². The van der Waals surface area contributed by atoms with Gasteiger partial charge < -0.3 is 15.7 Å². The largest absolute Gasteiger partial charge is 0.480 e. The molecular formula is C12H13ClF3N3O3. The minimum absolute atomic E-state index is 0.00810. The molecule has 0 saturated heterocycles. The van der Waals surface area contributed by atoms with E-state index in [0.29, 0.717) is 6.20 Å². The van der Waals surface area contributed by atoms with Crippen molar-refractivity contribution in [2.24, 2.45) is 0 Å². The van der Waals surface area contributed by atoms with E-state index in [2.05, 4.69) is 15.6 Å². The van der Waals surface area contributed by atoms with Crippen molar-refractivity contribution in [1.29, 1.82) is 0 Å². The number of hydrogen-bond acceptors (Lipinski definition) is 4. The lowest BCUT2D eigenvalue weighted by molar-refractivity contribution is -0.141. The van der Waals surface area contributed by atoms with Gasteiger partial charge >= 0.3 is 12.1 Å². The van der Waals surface area contributed by atoms with E-state index in [-0.39, 0.29) is 23.8 Å². The number of halogens is 4. The number of anilines is 1. The Balaban J connectivity index is 2.52. The van der Waals surface area contributed by atoms with E-state index in [9.17, 15) is 22.8 Å². The molecule has 1 rings (SSSR count). The number of rotatable bonds is 6. The lowest BCUT2D eigenvalue weighted by atomic mass is 10.2. The zero-order valence-corrected chi connectivity index (χ0v) is 12.1. The number of aromatic nitrogens is 1. The molecule has 10 heteroatoms. The molecule has 0 aromatic carbocycles. The summed E-state index contributed by atoms with van der Waals surface area (Å²) >= 11 is 5.67. The number of carboxylic acid groups (broad SMARTS) is 1. The molecule has 0 radical (unpaired) electrons. The molecule has 0 bridgehead atoms. The molecule has 1 atom stereocenters. The standard InChI is InChI=1S/C12H13ClF3N3O3/c1-6(11(21)22)19-9(20)2-3-17-10-8(13)4-7(5-18-10)12(14,15)16/h4-6H,2-3H2,1H3,(H,17,18)(H,19,20)(H,21,22)/t6-/m0/s1. The number of carbonyl (C=O) groups excluding carboxylic acids is 1. The van der Waals surface area contributed by atoms with Gasteiger partial charge in [0.25, 0.3) is 0 Å². The normalized spacial score (nSPS) is 12.6. The second-order valence-electron chi connectivity index (χ2n) is 4.36. The van der Waals surface area contributed by atoms with Crippen LogP contribution in [0.2, 0.25) is 5.02 Å². The van der Waals surface area contributed by atoms with Crippen molar-refractivity contribution in [1.82, 2.24) is 10.3 Å². The van der Waals surface area contributed by atoms with Crippen molar-refractivity contribution in [3.8, 4) is 0 Å². The number of nitrogens with zero attached hydrogens (tertiary/aromatic N) is 1. The molecular weight excluding hydrogens is 327 g/mol. The van der Waals surface area contributed by atoms with E-state index in [0.717, 1.165) is 6.07 Å². The highest BCUT2D eigenvalue weighted by Crippen LogP contribution is 2.32. The van der Waals surface area contributed by atoms with Gasteiger partial charge in [-0.1, -0.05) is 11.6 Å². The van der Waals surface area contributed by atoms with Crippen LogP contribution in [0.1, 0.15) is 18.9 Å². The Morgan fingerprint density at radius 1 is 1.45 bits per heavy atom. The summed E-state index contributed by atoms with van der Waals surface area (Å²) in [4.78, 5) is 25.5. The molecule has 0 spiro atoms. The monoisotopic (exact) mass is 339 g/mol. The average Bonchev–Trinajstić information content (AvgIpc) is 2.39. The predicted octanol–water partition coefficient (Wildman–Crippen LogP) is 2.15. The van der Waals surface area contributed by atoms with E-state index in [4.69, 9.17) is 16.7 Å². The molecule has 1 amide bonds. The first kappa shape index (κ1) is 18.0. The minimum atomic E-state index is -4.54. The maximum absolute atomic E-state index is 12.4. The molecule has 1 heterocycles. The van der Waals surface area contributed by atoms with Crippen LogP contribution >= 0.6 is 11.6 Å². The van der Waals surface area contributed by atoms with Crippen LogP contribution in [-0.2, 0) is 15.8 Å². The molecule has 0 aliphatic rings. The van der Waals surface area contributed by atoms with Gasteiger partial charge in [0.05, 0.1) is 10.6 Å². The van der Waals surface area contributed by atoms with Gasteiger partial charge in [-0.3, -0.25) is 9.59 Å². The second kappa shape index (κ2) is 7.30. The average molecular weight is 340 g/mol. The highest BCUT2D eigenvalue weighted by Gasteiger charge is 2.31. The summed E-state index contributed by atoms with van der Waals surface area (Å²) in [6.07, 6.45) is -4.00. The van der Waals surface area contributed by atoms with Crippen molar-refractivity contribution < 1.29 is 27.9 Å². The Bertz CT molecular complexity index is 566. The van der Waals surface area contributed by atoms with Crippen LogP contribution < -0.4 is 10.6 Å². The van der Waals surface area contributed by atoms with Crippen molar-refractivity contribution in [3.05, 3.63) is 22.8 Å². The Labute approximate surface area is 128 Å². The summed E-state index contributed by atoms with van der Waals surface area (Å²) < 4.78 is 37.3. The molecule has 0 saturated carbocycles. The van der Waals surface area contributed by atoms with Gasteiger partial charge in [-0.25, -0.2) is 4.98 Å². The SMILES string of the molecule is C[C@H](NC(=O)CCNc1ncc(C(F)(F)F)cc1Cl)C(=O)O. The molecule has 0 fully saturated rings. The van der Waals surface area contributed by atoms with Gasteiger partial charge in [0.2, 0.25) is 5.91 Å². The van der Waals surface area contributed by atoms with Crippen LogP contribution in [0.5, 0.6) is 0 Å². The van der Waals surface area contributed by atoms with E-state index in [1.54, 1.807) is 0 Å². The highest BCUT2D eigenvalue weighted by atomic mass is 35.5. The molecule has 0 aliphatic heterocycles. The first-order chi connectivity index (χ1) is 10.1. The third-order valence-electron chi connectivity index (χ3n) is 2.56. The van der Waals surface area contributed by atoms with Crippen molar-refractivity contribution >= 4 is 29.3 Å². The lowest BCUT2D eigenvalue weighted by Crippen LogP contribution is -2.38. The van der Waals surface area contributed by atoms with E-state index >= 15 is 0 Å². The Morgan fingerprint density at radius 3 is 2.59 bits per heavy atom. The first-order valence-corrected chi connectivity index (χ1v) is 6.48. The number of amides is 1. The quantitative estimate of drug-likeness (QED) is 0.738. The fraction of sp³-hybridized carbons (Fsp3) is 0.417. The Hall–Kier alpha value is -2.03. The molecule has 0 unspecified atom stereocenters. The third-order valence-corrected chi connectivity index (χ3v) is 2.85. The summed E-state index contributed by atoms with van der Waals surface area (Å²) in [5.74, 6) is -1.69. The van der Waals surface area contributed by atoms with E-state index in [1.807, 2.05) is 0 Å². The summed E-state index contributed by atoms with van der Waals surface area (Å²) in [5, 5.41) is 13.2. The van der Waals surface area contributed by atoms with Gasteiger partial charge in [0.15, 0.2) is 0 Å². The summed E-state index contributed by atoms with van der Waals surface area (Å²) in [6, 6.07) is -0.302. The molecule has 1 aromatic heterocycles. The summed E-state index contributed by atoms with van der Waals surface area (Å²) in [6.45, 7) is 1.35. The summed E-state index contributed by atoms with van der Waals surface area (Å²) in [5.41, 5.74) is -0.976. The van der Waals surface area contributed by atoms with Crippen LogP contribution in [-0.4, -0.2) is 34.6 Å². The van der Waals surface area contributed by atoms with Crippen LogP contribution in [0, 0.1) is 0 Å². The Morgan fingerprint density at radius 2 is 2.09 bits per heavy atom. The molecule has 0 aliphatic carbocycles. The Kier molecular flexibility index (Phi) is 5.98. The number of alkyl halides is 3. The number of carboxylic acids is 1. The van der Waals surface area contributed by atoms with Crippen molar-refractivity contribution in [3.63, 3.8) is 0 Å². The first-order valence-electron chi connectivity index (χ1n) is 6.10. The molecule has 122 valence electrons. The number of hydrogen-bond donors (Lipinski definition) is 3. The highest BCUT2D eigenvalue weighted by molar-refractivity contribution is 6.32. The summed E-state index contributed by atoms with van der Waals surface area (Å²) in [7, 11) is 0.